The van der Waals surface area contributed by atoms with Gasteiger partial charge in [-0.15, -0.1) is 11.3 Å². The fraction of sp³-hybridized carbons (Fsp3) is 0. The van der Waals surface area contributed by atoms with E-state index < -0.39 is 0 Å². The zero-order valence-electron chi connectivity index (χ0n) is 30.6. The Morgan fingerprint density at radius 2 is 0.768 bits per heavy atom. The highest BCUT2D eigenvalue weighted by Gasteiger charge is 2.15. The molecule has 0 aliphatic rings. The third kappa shape index (κ3) is 6.45. The zero-order valence-corrected chi connectivity index (χ0v) is 31.4. The standard InChI is InChI=1S/C53H36N2S/c1-3-9-37(10-4-1)40-21-27-46(28-22-40)55(47-29-23-41(24-30-47)38-11-5-2-6-12-38)48-31-25-42(26-32-48)39-17-19-43(20-18-39)44-13-7-14-45(35-44)49-15-8-16-50-51-36-54-34-33-52(51)56-53(49)50/h1-36H. The summed E-state index contributed by atoms with van der Waals surface area (Å²) in [7, 11) is 0. The number of hydrogen-bond donors (Lipinski definition) is 0. The summed E-state index contributed by atoms with van der Waals surface area (Å²) >= 11 is 1.84. The van der Waals surface area contributed by atoms with Crippen LogP contribution in [0.3, 0.4) is 0 Å². The van der Waals surface area contributed by atoms with E-state index in [2.05, 4.69) is 216 Å². The van der Waals surface area contributed by atoms with Crippen molar-refractivity contribution in [1.82, 2.24) is 4.98 Å². The third-order valence-corrected chi connectivity index (χ3v) is 11.8. The van der Waals surface area contributed by atoms with Gasteiger partial charge in [-0.3, -0.25) is 4.98 Å². The first-order valence-corrected chi connectivity index (χ1v) is 19.7. The summed E-state index contributed by atoms with van der Waals surface area (Å²) in [6.07, 6.45) is 3.86. The summed E-state index contributed by atoms with van der Waals surface area (Å²) in [6, 6.07) is 74.3. The molecule has 0 unspecified atom stereocenters. The number of hydrogen-bond acceptors (Lipinski definition) is 3. The summed E-state index contributed by atoms with van der Waals surface area (Å²) in [4.78, 5) is 6.72. The molecule has 0 amide bonds. The molecular formula is C53H36N2S. The lowest BCUT2D eigenvalue weighted by atomic mass is 9.96. The lowest BCUT2D eigenvalue weighted by molar-refractivity contribution is 1.28. The van der Waals surface area contributed by atoms with Crippen molar-refractivity contribution in [3.63, 3.8) is 0 Å². The maximum atomic E-state index is 4.38. The Morgan fingerprint density at radius 3 is 1.30 bits per heavy atom. The third-order valence-electron chi connectivity index (χ3n) is 10.6. The molecule has 10 aromatic rings. The molecule has 0 saturated carbocycles. The van der Waals surface area contributed by atoms with E-state index in [1.54, 1.807) is 0 Å². The molecule has 0 saturated heterocycles. The Kier molecular flexibility index (Phi) is 8.75. The van der Waals surface area contributed by atoms with E-state index in [0.29, 0.717) is 0 Å². The second-order valence-corrected chi connectivity index (χ2v) is 15.1. The lowest BCUT2D eigenvalue weighted by Gasteiger charge is -2.26. The second-order valence-electron chi connectivity index (χ2n) is 14.0. The van der Waals surface area contributed by atoms with Gasteiger partial charge < -0.3 is 4.90 Å². The minimum atomic E-state index is 1.10. The first-order chi connectivity index (χ1) is 27.7. The van der Waals surface area contributed by atoms with Gasteiger partial charge in [-0.1, -0.05) is 158 Å². The molecule has 8 aromatic carbocycles. The molecule has 0 atom stereocenters. The molecule has 0 aliphatic heterocycles. The minimum absolute atomic E-state index is 1.10. The van der Waals surface area contributed by atoms with Crippen molar-refractivity contribution >= 4 is 48.6 Å². The molecule has 2 aromatic heterocycles. The van der Waals surface area contributed by atoms with E-state index in [1.807, 2.05) is 23.7 Å². The van der Waals surface area contributed by atoms with Gasteiger partial charge in [0.2, 0.25) is 0 Å². The van der Waals surface area contributed by atoms with Crippen molar-refractivity contribution < 1.29 is 0 Å². The number of pyridine rings is 1. The zero-order chi connectivity index (χ0) is 37.3. The maximum absolute atomic E-state index is 4.38. The Labute approximate surface area is 331 Å². The average Bonchev–Trinajstić information content (AvgIpc) is 3.67. The first-order valence-electron chi connectivity index (χ1n) is 18.9. The fourth-order valence-electron chi connectivity index (χ4n) is 7.71. The van der Waals surface area contributed by atoms with Crippen LogP contribution < -0.4 is 4.90 Å². The SMILES string of the molecule is c1ccc(-c2ccc(N(c3ccc(-c4ccccc4)cc3)c3ccc(-c4ccc(-c5cccc(-c6cccc7c6sc6ccncc67)c5)cc4)cc3)cc2)cc1. The quantitative estimate of drug-likeness (QED) is 0.155. The van der Waals surface area contributed by atoms with Crippen LogP contribution in [0.4, 0.5) is 17.1 Å². The van der Waals surface area contributed by atoms with E-state index in [1.165, 1.54) is 75.8 Å². The molecule has 2 heterocycles. The van der Waals surface area contributed by atoms with Gasteiger partial charge in [0.15, 0.2) is 0 Å². The van der Waals surface area contributed by atoms with E-state index in [0.717, 1.165) is 17.1 Å². The highest BCUT2D eigenvalue weighted by molar-refractivity contribution is 7.26. The van der Waals surface area contributed by atoms with Crippen LogP contribution >= 0.6 is 11.3 Å². The monoisotopic (exact) mass is 732 g/mol. The second kappa shape index (κ2) is 14.6. The summed E-state index contributed by atoms with van der Waals surface area (Å²) in [5.41, 5.74) is 15.4. The van der Waals surface area contributed by atoms with E-state index in [-0.39, 0.29) is 0 Å². The van der Waals surface area contributed by atoms with Gasteiger partial charge in [0.25, 0.3) is 0 Å². The number of fused-ring (bicyclic) bond motifs is 3. The van der Waals surface area contributed by atoms with Crippen molar-refractivity contribution in [2.45, 2.75) is 0 Å². The van der Waals surface area contributed by atoms with Gasteiger partial charge in [0, 0.05) is 49.6 Å². The van der Waals surface area contributed by atoms with Gasteiger partial charge >= 0.3 is 0 Å². The Bertz CT molecular complexity index is 2830. The Morgan fingerprint density at radius 1 is 0.339 bits per heavy atom. The normalized spacial score (nSPS) is 11.2. The van der Waals surface area contributed by atoms with Crippen LogP contribution in [0.5, 0.6) is 0 Å². The van der Waals surface area contributed by atoms with E-state index in [9.17, 15) is 0 Å². The van der Waals surface area contributed by atoms with Gasteiger partial charge in [-0.05, 0) is 104 Å². The molecule has 56 heavy (non-hydrogen) atoms. The molecule has 2 nitrogen and oxygen atoms in total. The molecule has 0 radical (unpaired) electrons. The van der Waals surface area contributed by atoms with Crippen molar-refractivity contribution in [3.8, 4) is 55.6 Å². The van der Waals surface area contributed by atoms with Gasteiger partial charge in [-0.25, -0.2) is 0 Å². The summed E-state index contributed by atoms with van der Waals surface area (Å²) < 4.78 is 2.57. The number of aromatic nitrogens is 1. The van der Waals surface area contributed by atoms with Crippen LogP contribution in [0, 0.1) is 0 Å². The van der Waals surface area contributed by atoms with Crippen molar-refractivity contribution in [2.75, 3.05) is 4.90 Å². The summed E-state index contributed by atoms with van der Waals surface area (Å²) in [5.74, 6) is 0. The lowest BCUT2D eigenvalue weighted by Crippen LogP contribution is -2.09. The van der Waals surface area contributed by atoms with Crippen LogP contribution in [0.15, 0.2) is 219 Å². The van der Waals surface area contributed by atoms with Crippen LogP contribution in [0.1, 0.15) is 0 Å². The van der Waals surface area contributed by atoms with Crippen molar-refractivity contribution in [2.24, 2.45) is 0 Å². The van der Waals surface area contributed by atoms with Crippen LogP contribution in [-0.4, -0.2) is 4.98 Å². The number of rotatable bonds is 8. The number of benzene rings is 8. The molecule has 264 valence electrons. The predicted molar refractivity (Wildman–Crippen MR) is 239 cm³/mol. The molecule has 10 rings (SSSR count). The van der Waals surface area contributed by atoms with Crippen molar-refractivity contribution in [1.29, 1.82) is 0 Å². The molecule has 0 spiro atoms. The minimum Gasteiger partial charge on any atom is -0.311 e. The van der Waals surface area contributed by atoms with Crippen LogP contribution in [0.2, 0.25) is 0 Å². The van der Waals surface area contributed by atoms with E-state index >= 15 is 0 Å². The number of anilines is 3. The highest BCUT2D eigenvalue weighted by atomic mass is 32.1. The molecular weight excluding hydrogens is 697 g/mol. The van der Waals surface area contributed by atoms with Crippen molar-refractivity contribution in [3.05, 3.63) is 219 Å². The molecule has 3 heteroatoms. The topological polar surface area (TPSA) is 16.1 Å². The predicted octanol–water partition coefficient (Wildman–Crippen LogP) is 15.3. The van der Waals surface area contributed by atoms with Gasteiger partial charge in [0.05, 0.1) is 0 Å². The largest absolute Gasteiger partial charge is 0.311 e. The number of nitrogens with zero attached hydrogens (tertiary/aromatic N) is 2. The number of thiophene rings is 1. The average molecular weight is 733 g/mol. The van der Waals surface area contributed by atoms with Gasteiger partial charge in [0.1, 0.15) is 0 Å². The Balaban J connectivity index is 0.941. The van der Waals surface area contributed by atoms with Crippen LogP contribution in [0.25, 0.3) is 75.8 Å². The smallest absolute Gasteiger partial charge is 0.0462 e. The first kappa shape index (κ1) is 33.5. The molecule has 0 fully saturated rings. The van der Waals surface area contributed by atoms with E-state index in [4.69, 9.17) is 0 Å². The summed E-state index contributed by atoms with van der Waals surface area (Å²) in [6.45, 7) is 0. The summed E-state index contributed by atoms with van der Waals surface area (Å²) in [5, 5.41) is 2.48. The molecule has 0 aliphatic carbocycles. The van der Waals surface area contributed by atoms with Gasteiger partial charge in [-0.2, -0.15) is 0 Å². The maximum Gasteiger partial charge on any atom is 0.0462 e. The Hall–Kier alpha value is -7.07. The van der Waals surface area contributed by atoms with Crippen LogP contribution in [-0.2, 0) is 0 Å². The highest BCUT2D eigenvalue weighted by Crippen LogP contribution is 2.41. The molecule has 0 N–H and O–H groups in total. The fourth-order valence-corrected chi connectivity index (χ4v) is 8.91. The molecule has 0 bridgehead atoms.